The molecule has 5 nitrogen and oxygen atoms in total. The van der Waals surface area contributed by atoms with Gasteiger partial charge in [-0.15, -0.1) is 0 Å². The number of benzene rings is 2. The Balaban J connectivity index is 1.75. The largest absolute Gasteiger partial charge is 0.488 e. The number of rotatable bonds is 7. The van der Waals surface area contributed by atoms with Crippen molar-refractivity contribution in [1.29, 1.82) is 0 Å². The van der Waals surface area contributed by atoms with Crippen molar-refractivity contribution in [3.63, 3.8) is 0 Å². The topological polar surface area (TPSA) is 61.8 Å². The standard InChI is InChI=1S/C19H17ClO5/c1-23-19(22)15-9-6-14(7-10-15)8-11-18(21)25-13-12-24-17-5-3-2-4-16(17)20/h2-11H,12-13H2,1H3/b11-8+. The Morgan fingerprint density at radius 2 is 1.76 bits per heavy atom. The van der Waals surface area contributed by atoms with Gasteiger partial charge in [0.1, 0.15) is 19.0 Å². The van der Waals surface area contributed by atoms with Crippen LogP contribution in [0.4, 0.5) is 0 Å². The number of para-hydroxylation sites is 1. The number of halogens is 1. The molecule has 0 aliphatic heterocycles. The summed E-state index contributed by atoms with van der Waals surface area (Å²) in [5.41, 5.74) is 1.20. The molecule has 0 saturated heterocycles. The van der Waals surface area contributed by atoms with Gasteiger partial charge in [-0.2, -0.15) is 0 Å². The Hall–Kier alpha value is -2.79. The third kappa shape index (κ3) is 5.97. The summed E-state index contributed by atoms with van der Waals surface area (Å²) in [6, 6.07) is 13.7. The van der Waals surface area contributed by atoms with Gasteiger partial charge >= 0.3 is 11.9 Å². The number of methoxy groups -OCH3 is 1. The second-order valence-corrected chi connectivity index (χ2v) is 5.30. The fourth-order valence-electron chi connectivity index (χ4n) is 1.92. The molecule has 6 heteroatoms. The fourth-order valence-corrected chi connectivity index (χ4v) is 2.11. The van der Waals surface area contributed by atoms with E-state index in [0.717, 1.165) is 5.56 Å². The van der Waals surface area contributed by atoms with Crippen molar-refractivity contribution >= 4 is 29.6 Å². The second-order valence-electron chi connectivity index (χ2n) is 4.89. The van der Waals surface area contributed by atoms with Crippen LogP contribution in [0.15, 0.2) is 54.6 Å². The summed E-state index contributed by atoms with van der Waals surface area (Å²) in [5, 5.41) is 0.504. The number of hydrogen-bond acceptors (Lipinski definition) is 5. The van der Waals surface area contributed by atoms with Crippen molar-refractivity contribution < 1.29 is 23.8 Å². The molecular formula is C19H17ClO5. The van der Waals surface area contributed by atoms with Gasteiger partial charge in [0.05, 0.1) is 17.7 Å². The predicted octanol–water partition coefficient (Wildman–Crippen LogP) is 3.76. The van der Waals surface area contributed by atoms with Gasteiger partial charge in [-0.1, -0.05) is 35.9 Å². The highest BCUT2D eigenvalue weighted by Gasteiger charge is 2.04. The molecular weight excluding hydrogens is 344 g/mol. The van der Waals surface area contributed by atoms with E-state index >= 15 is 0 Å². The van der Waals surface area contributed by atoms with Gasteiger partial charge < -0.3 is 14.2 Å². The SMILES string of the molecule is COC(=O)c1ccc(/C=C/C(=O)OCCOc2ccccc2Cl)cc1. The van der Waals surface area contributed by atoms with Crippen LogP contribution in [0.25, 0.3) is 6.08 Å². The summed E-state index contributed by atoms with van der Waals surface area (Å²) < 4.78 is 15.1. The number of hydrogen-bond donors (Lipinski definition) is 0. The van der Waals surface area contributed by atoms with Crippen molar-refractivity contribution in [2.24, 2.45) is 0 Å². The van der Waals surface area contributed by atoms with Crippen LogP contribution < -0.4 is 4.74 Å². The van der Waals surface area contributed by atoms with Crippen LogP contribution in [0.1, 0.15) is 15.9 Å². The summed E-state index contributed by atoms with van der Waals surface area (Å²) in [5.74, 6) is -0.352. The van der Waals surface area contributed by atoms with Crippen molar-refractivity contribution in [2.45, 2.75) is 0 Å². The molecule has 2 aromatic carbocycles. The van der Waals surface area contributed by atoms with E-state index in [2.05, 4.69) is 4.74 Å². The summed E-state index contributed by atoms with van der Waals surface area (Å²) in [6.45, 7) is 0.312. The minimum Gasteiger partial charge on any atom is -0.488 e. The lowest BCUT2D eigenvalue weighted by atomic mass is 10.1. The maximum atomic E-state index is 11.7. The van der Waals surface area contributed by atoms with E-state index in [4.69, 9.17) is 21.1 Å². The molecule has 0 aliphatic carbocycles. The van der Waals surface area contributed by atoms with Crippen molar-refractivity contribution in [3.8, 4) is 5.75 Å². The van der Waals surface area contributed by atoms with Gasteiger partial charge in [0.15, 0.2) is 0 Å². The van der Waals surface area contributed by atoms with Crippen LogP contribution in [0, 0.1) is 0 Å². The lowest BCUT2D eigenvalue weighted by molar-refractivity contribution is -0.138. The zero-order valence-electron chi connectivity index (χ0n) is 13.6. The minimum atomic E-state index is -0.486. The van der Waals surface area contributed by atoms with Crippen molar-refractivity contribution in [2.75, 3.05) is 20.3 Å². The van der Waals surface area contributed by atoms with Crippen LogP contribution in [0.5, 0.6) is 5.75 Å². The van der Waals surface area contributed by atoms with Gasteiger partial charge in [0, 0.05) is 6.08 Å². The Labute approximate surface area is 150 Å². The summed E-state index contributed by atoms with van der Waals surface area (Å²) in [7, 11) is 1.32. The molecule has 0 heterocycles. The molecule has 25 heavy (non-hydrogen) atoms. The predicted molar refractivity (Wildman–Crippen MR) is 94.7 cm³/mol. The number of carbonyl (C=O) groups excluding carboxylic acids is 2. The summed E-state index contributed by atoms with van der Waals surface area (Å²) >= 11 is 5.95. The average Bonchev–Trinajstić information content (AvgIpc) is 2.64. The van der Waals surface area contributed by atoms with Crippen LogP contribution >= 0.6 is 11.6 Å². The summed E-state index contributed by atoms with van der Waals surface area (Å²) in [4.78, 5) is 23.0. The van der Waals surface area contributed by atoms with E-state index in [-0.39, 0.29) is 13.2 Å². The average molecular weight is 361 g/mol. The zero-order valence-corrected chi connectivity index (χ0v) is 14.4. The molecule has 0 fully saturated rings. The monoisotopic (exact) mass is 360 g/mol. The first-order valence-electron chi connectivity index (χ1n) is 7.50. The molecule has 0 bridgehead atoms. The highest BCUT2D eigenvalue weighted by molar-refractivity contribution is 6.32. The van der Waals surface area contributed by atoms with E-state index in [9.17, 15) is 9.59 Å². The molecule has 0 N–H and O–H groups in total. The minimum absolute atomic E-state index is 0.107. The molecule has 0 amide bonds. The smallest absolute Gasteiger partial charge is 0.337 e. The van der Waals surface area contributed by atoms with E-state index in [1.54, 1.807) is 54.6 Å². The zero-order chi connectivity index (χ0) is 18.1. The Morgan fingerprint density at radius 1 is 1.04 bits per heavy atom. The van der Waals surface area contributed by atoms with Crippen molar-refractivity contribution in [3.05, 3.63) is 70.8 Å². The van der Waals surface area contributed by atoms with Crippen LogP contribution in [0.2, 0.25) is 5.02 Å². The highest BCUT2D eigenvalue weighted by atomic mass is 35.5. The lowest BCUT2D eigenvalue weighted by Gasteiger charge is -2.07. The number of ether oxygens (including phenoxy) is 3. The first-order chi connectivity index (χ1) is 12.1. The molecule has 130 valence electrons. The third-order valence-corrected chi connectivity index (χ3v) is 3.48. The van der Waals surface area contributed by atoms with Gasteiger partial charge in [0.25, 0.3) is 0 Å². The van der Waals surface area contributed by atoms with E-state index in [1.165, 1.54) is 13.2 Å². The normalized spacial score (nSPS) is 10.5. The molecule has 0 radical (unpaired) electrons. The fraction of sp³-hybridized carbons (Fsp3) is 0.158. The molecule has 0 unspecified atom stereocenters. The second kappa shape index (κ2) is 9.49. The Morgan fingerprint density at radius 3 is 2.44 bits per heavy atom. The number of carbonyl (C=O) groups is 2. The van der Waals surface area contributed by atoms with Crippen LogP contribution in [-0.4, -0.2) is 32.3 Å². The van der Waals surface area contributed by atoms with Gasteiger partial charge in [-0.3, -0.25) is 0 Å². The summed E-state index contributed by atoms with van der Waals surface area (Å²) in [6.07, 6.45) is 2.90. The molecule has 2 rings (SSSR count). The molecule has 0 atom stereocenters. The number of esters is 2. The molecule has 2 aromatic rings. The maximum Gasteiger partial charge on any atom is 0.337 e. The van der Waals surface area contributed by atoms with E-state index < -0.39 is 11.9 Å². The molecule has 0 saturated carbocycles. The van der Waals surface area contributed by atoms with Crippen LogP contribution in [-0.2, 0) is 14.3 Å². The quantitative estimate of drug-likeness (QED) is 0.427. The van der Waals surface area contributed by atoms with Gasteiger partial charge in [-0.05, 0) is 35.9 Å². The third-order valence-electron chi connectivity index (χ3n) is 3.17. The van der Waals surface area contributed by atoms with Gasteiger partial charge in [0.2, 0.25) is 0 Å². The highest BCUT2D eigenvalue weighted by Crippen LogP contribution is 2.22. The lowest BCUT2D eigenvalue weighted by Crippen LogP contribution is -2.10. The van der Waals surface area contributed by atoms with E-state index in [0.29, 0.717) is 16.3 Å². The van der Waals surface area contributed by atoms with Crippen molar-refractivity contribution in [1.82, 2.24) is 0 Å². The Bertz CT molecular complexity index is 753. The first-order valence-corrected chi connectivity index (χ1v) is 7.88. The molecule has 0 aromatic heterocycles. The van der Waals surface area contributed by atoms with Crippen LogP contribution in [0.3, 0.4) is 0 Å². The Kier molecular flexibility index (Phi) is 7.04. The maximum absolute atomic E-state index is 11.7. The molecule has 0 aliphatic rings. The van der Waals surface area contributed by atoms with E-state index in [1.807, 2.05) is 0 Å². The first kappa shape index (κ1) is 18.5. The van der Waals surface area contributed by atoms with Gasteiger partial charge in [-0.25, -0.2) is 9.59 Å². The molecule has 0 spiro atoms.